The van der Waals surface area contributed by atoms with Gasteiger partial charge in [-0.15, -0.1) is 0 Å². The van der Waals surface area contributed by atoms with Gasteiger partial charge in [0, 0.05) is 0 Å². The molecule has 0 aromatic heterocycles. The van der Waals surface area contributed by atoms with Gasteiger partial charge in [-0.05, 0) is 0 Å². The average Bonchev–Trinajstić information content (AvgIpc) is 2.66. The van der Waals surface area contributed by atoms with E-state index >= 15 is 0 Å². The second-order valence-electron chi connectivity index (χ2n) is 7.51. The van der Waals surface area contributed by atoms with E-state index in [9.17, 15) is 4.79 Å². The minimum atomic E-state index is -2.50. The van der Waals surface area contributed by atoms with Crippen molar-refractivity contribution in [1.82, 2.24) is 5.32 Å². The molecule has 0 aliphatic heterocycles. The van der Waals surface area contributed by atoms with Crippen LogP contribution in [0.3, 0.4) is 0 Å². The number of nitrogens with one attached hydrogen (secondary N) is 1. The molecule has 1 rings (SSSR count). The molecule has 0 heterocycles. The summed E-state index contributed by atoms with van der Waals surface area (Å²) >= 11 is -2.50. The summed E-state index contributed by atoms with van der Waals surface area (Å²) in [6.45, 7) is 6.94. The average molecular weight is 452 g/mol. The first kappa shape index (κ1) is 22.5. The fourth-order valence-corrected chi connectivity index (χ4v) is 22.7. The van der Waals surface area contributed by atoms with Gasteiger partial charge in [0.1, 0.15) is 0 Å². The first-order chi connectivity index (χ1) is 12.1. The van der Waals surface area contributed by atoms with Gasteiger partial charge >= 0.3 is 160 Å². The number of rotatable bonds is 13. The molecule has 0 fully saturated rings. The van der Waals surface area contributed by atoms with Crippen molar-refractivity contribution in [3.05, 3.63) is 35.9 Å². The van der Waals surface area contributed by atoms with Crippen LogP contribution in [-0.4, -0.2) is 31.3 Å². The Kier molecular flexibility index (Phi) is 11.5. The van der Waals surface area contributed by atoms with Crippen LogP contribution in [0.15, 0.2) is 30.3 Å². The predicted molar refractivity (Wildman–Crippen MR) is 113 cm³/mol. The second kappa shape index (κ2) is 12.8. The van der Waals surface area contributed by atoms with Crippen LogP contribution in [0.4, 0.5) is 0 Å². The number of unbranched alkanes of at least 4 members (excludes halogenated alkanes) is 3. The van der Waals surface area contributed by atoms with Crippen molar-refractivity contribution >= 4 is 24.3 Å². The molecule has 0 saturated carbocycles. The van der Waals surface area contributed by atoms with Gasteiger partial charge in [-0.3, -0.25) is 0 Å². The molecule has 0 aliphatic carbocycles. The van der Waals surface area contributed by atoms with E-state index in [1.54, 1.807) is 7.05 Å². The maximum atomic E-state index is 12.4. The Hall–Kier alpha value is -0.511. The molecule has 1 N–H and O–H groups in total. The third-order valence-electron chi connectivity index (χ3n) is 5.69. The zero-order valence-corrected chi connectivity index (χ0v) is 19.8. The quantitative estimate of drug-likeness (QED) is 0.350. The van der Waals surface area contributed by atoms with E-state index in [-0.39, 0.29) is 5.91 Å². The summed E-state index contributed by atoms with van der Waals surface area (Å²) in [4.78, 5) is 12.4. The van der Waals surface area contributed by atoms with Crippen LogP contribution in [0.2, 0.25) is 13.3 Å². The number of hydrogen-bond donors (Lipinski definition) is 1. The van der Waals surface area contributed by atoms with Gasteiger partial charge in [0.15, 0.2) is 0 Å². The van der Waals surface area contributed by atoms with Crippen molar-refractivity contribution in [2.75, 3.05) is 7.05 Å². The number of hydrogen-bond acceptors (Lipinski definition) is 1. The van der Waals surface area contributed by atoms with E-state index < -0.39 is 18.4 Å². The van der Waals surface area contributed by atoms with Gasteiger partial charge < -0.3 is 0 Å². The third kappa shape index (κ3) is 7.32. The van der Waals surface area contributed by atoms with E-state index in [1.807, 2.05) is 0 Å². The van der Waals surface area contributed by atoms with E-state index in [1.165, 1.54) is 57.4 Å². The summed E-state index contributed by atoms with van der Waals surface area (Å²) in [5.74, 6) is 0.222. The topological polar surface area (TPSA) is 29.1 Å². The molecule has 0 spiro atoms. The van der Waals surface area contributed by atoms with E-state index in [4.69, 9.17) is 0 Å². The van der Waals surface area contributed by atoms with Crippen molar-refractivity contribution in [2.24, 2.45) is 0 Å². The number of carbonyl (C=O) groups excluding carboxylic acids is 1. The van der Waals surface area contributed by atoms with Crippen LogP contribution >= 0.6 is 0 Å². The van der Waals surface area contributed by atoms with Crippen LogP contribution in [0, 0.1) is 0 Å². The Morgan fingerprint density at radius 1 is 0.920 bits per heavy atom. The molecule has 25 heavy (non-hydrogen) atoms. The zero-order chi connectivity index (χ0) is 18.5. The molecule has 2 nitrogen and oxygen atoms in total. The van der Waals surface area contributed by atoms with E-state index in [0.29, 0.717) is 10.4 Å². The minimum absolute atomic E-state index is 0.222. The molecule has 1 aromatic carbocycles. The first-order valence-electron chi connectivity index (χ1n) is 10.4. The number of carbonyl (C=O) groups is 1. The molecule has 1 amide bonds. The van der Waals surface area contributed by atoms with Crippen LogP contribution < -0.4 is 5.32 Å². The Morgan fingerprint density at radius 2 is 1.40 bits per heavy atom. The molecule has 0 bridgehead atoms. The molecular formula is C22H39NOSn. The molecule has 3 heteroatoms. The third-order valence-corrected chi connectivity index (χ3v) is 23.0. The zero-order valence-electron chi connectivity index (χ0n) is 16.9. The fourth-order valence-electron chi connectivity index (χ4n) is 4.14. The SMILES string of the molecule is CCC[CH2][Sn]([CH2]CCC)([CH2]CCC)[C@H](CC(=O)NC)c1ccccc1. The summed E-state index contributed by atoms with van der Waals surface area (Å²) in [6.07, 6.45) is 8.57. The van der Waals surface area contributed by atoms with Gasteiger partial charge in [-0.25, -0.2) is 0 Å². The molecule has 0 aliphatic rings. The van der Waals surface area contributed by atoms with Gasteiger partial charge in [0.25, 0.3) is 0 Å². The summed E-state index contributed by atoms with van der Waals surface area (Å²) in [5.41, 5.74) is 1.44. The van der Waals surface area contributed by atoms with Crippen molar-refractivity contribution in [3.63, 3.8) is 0 Å². The van der Waals surface area contributed by atoms with Crippen molar-refractivity contribution in [2.45, 2.75) is 83.0 Å². The molecule has 0 unspecified atom stereocenters. The van der Waals surface area contributed by atoms with Crippen LogP contribution in [-0.2, 0) is 4.79 Å². The Balaban J connectivity index is 3.27. The summed E-state index contributed by atoms with van der Waals surface area (Å²) in [7, 11) is 1.78. The standard InChI is InChI=1S/C10H12NO.3C4H9.Sn/c1-11-10(12)8-7-9-5-3-2-4-6-9;3*1-3-4-2;/h2-7H,8H2,1H3,(H,11,12);3*1,3-4H2,2H3;. The van der Waals surface area contributed by atoms with Gasteiger partial charge in [0.2, 0.25) is 0 Å². The Bertz CT molecular complexity index is 452. The molecule has 0 saturated heterocycles. The molecule has 142 valence electrons. The van der Waals surface area contributed by atoms with E-state index in [0.717, 1.165) is 0 Å². The maximum absolute atomic E-state index is 12.4. The summed E-state index contributed by atoms with van der Waals surface area (Å²) in [6, 6.07) is 11.0. The van der Waals surface area contributed by atoms with Gasteiger partial charge in [-0.2, -0.15) is 0 Å². The summed E-state index contributed by atoms with van der Waals surface area (Å²) in [5, 5.41) is 2.90. The Morgan fingerprint density at radius 3 is 1.80 bits per heavy atom. The monoisotopic (exact) mass is 453 g/mol. The number of amides is 1. The van der Waals surface area contributed by atoms with Gasteiger partial charge in [0.05, 0.1) is 0 Å². The van der Waals surface area contributed by atoms with Crippen molar-refractivity contribution in [1.29, 1.82) is 0 Å². The normalized spacial score (nSPS) is 12.8. The second-order valence-corrected chi connectivity index (χ2v) is 21.6. The first-order valence-corrected chi connectivity index (χ1v) is 18.1. The summed E-state index contributed by atoms with van der Waals surface area (Å²) < 4.78 is 4.87. The number of benzene rings is 1. The molecule has 1 aromatic rings. The van der Waals surface area contributed by atoms with Crippen LogP contribution in [0.5, 0.6) is 0 Å². The van der Waals surface area contributed by atoms with Crippen molar-refractivity contribution < 1.29 is 4.79 Å². The van der Waals surface area contributed by atoms with Crippen LogP contribution in [0.25, 0.3) is 0 Å². The fraction of sp³-hybridized carbons (Fsp3) is 0.682. The Labute approximate surface area is 160 Å². The van der Waals surface area contributed by atoms with Gasteiger partial charge in [-0.1, -0.05) is 0 Å². The molecular weight excluding hydrogens is 413 g/mol. The van der Waals surface area contributed by atoms with Crippen molar-refractivity contribution in [3.8, 4) is 0 Å². The van der Waals surface area contributed by atoms with E-state index in [2.05, 4.69) is 56.4 Å². The predicted octanol–water partition coefficient (Wildman–Crippen LogP) is 6.29. The van der Waals surface area contributed by atoms with Crippen LogP contribution in [0.1, 0.15) is 75.2 Å². The molecule has 0 radical (unpaired) electrons. The molecule has 1 atom stereocenters.